The molecule has 0 unspecified atom stereocenters. The number of nitrogens with zero attached hydrogens (tertiary/aromatic N) is 3. The first-order valence-corrected chi connectivity index (χ1v) is 7.37. The van der Waals surface area contributed by atoms with Gasteiger partial charge in [-0.25, -0.2) is 9.97 Å². The van der Waals surface area contributed by atoms with Gasteiger partial charge in [-0.1, -0.05) is 18.2 Å². The first-order chi connectivity index (χ1) is 10.3. The molecule has 6 heteroatoms. The van der Waals surface area contributed by atoms with Crippen LogP contribution < -0.4 is 0 Å². The molecular weight excluding hydrogens is 318 g/mol. The van der Waals surface area contributed by atoms with Crippen LogP contribution in [0.15, 0.2) is 54.2 Å². The molecule has 0 atom stereocenters. The highest BCUT2D eigenvalue weighted by atomic mass is 35.5. The van der Waals surface area contributed by atoms with E-state index in [-0.39, 0.29) is 18.2 Å². The van der Waals surface area contributed by atoms with Crippen LogP contribution in [0.2, 0.25) is 0 Å². The van der Waals surface area contributed by atoms with Gasteiger partial charge < -0.3 is 5.11 Å². The minimum absolute atomic E-state index is 0. The van der Waals surface area contributed by atoms with Crippen molar-refractivity contribution in [1.29, 1.82) is 0 Å². The van der Waals surface area contributed by atoms with Gasteiger partial charge in [-0.2, -0.15) is 0 Å². The summed E-state index contributed by atoms with van der Waals surface area (Å²) in [4.78, 5) is 9.83. The van der Waals surface area contributed by atoms with Crippen molar-refractivity contribution in [2.24, 2.45) is 0 Å². The topological polar surface area (TPSA) is 50.4 Å². The van der Waals surface area contributed by atoms with Crippen LogP contribution >= 0.6 is 23.7 Å². The normalized spacial score (nSPS) is 11.7. The zero-order valence-corrected chi connectivity index (χ0v) is 13.0. The van der Waals surface area contributed by atoms with Gasteiger partial charge in [0.2, 0.25) is 0 Å². The average molecular weight is 330 g/mol. The third kappa shape index (κ3) is 2.34. The summed E-state index contributed by atoms with van der Waals surface area (Å²) < 4.78 is 1.88. The fourth-order valence-corrected chi connectivity index (χ4v) is 2.99. The van der Waals surface area contributed by atoms with Crippen molar-refractivity contribution < 1.29 is 5.11 Å². The van der Waals surface area contributed by atoms with Crippen LogP contribution in [-0.4, -0.2) is 19.5 Å². The Hall–Kier alpha value is -2.37. The molecule has 0 spiro atoms. The summed E-state index contributed by atoms with van der Waals surface area (Å²) in [6.45, 7) is 0. The number of aliphatic hydroxyl groups excluding tert-OH is 1. The largest absolute Gasteiger partial charge is 0.506 e. The maximum absolute atomic E-state index is 10.2. The Kier molecular flexibility index (Phi) is 3.83. The standard InChI is InChI=1S/C16H11N3OS.ClH/c20-13(14-6-3-9-21-14)10-15-18-12-5-2-1-4-11(12)16-17-7-8-19(15)16;/h1-10,20H;1H/b13-10-;. The second kappa shape index (κ2) is 5.79. The third-order valence-electron chi connectivity index (χ3n) is 3.31. The number of para-hydroxylation sites is 1. The van der Waals surface area contributed by atoms with Crippen LogP contribution in [-0.2, 0) is 0 Å². The Balaban J connectivity index is 0.00000144. The molecule has 1 aromatic carbocycles. The molecule has 4 aromatic rings. The quantitative estimate of drug-likeness (QED) is 0.554. The first kappa shape index (κ1) is 14.6. The van der Waals surface area contributed by atoms with Crippen LogP contribution in [0.25, 0.3) is 28.4 Å². The Labute approximate surface area is 136 Å². The third-order valence-corrected chi connectivity index (χ3v) is 4.20. The van der Waals surface area contributed by atoms with E-state index in [0.29, 0.717) is 5.82 Å². The molecule has 0 aliphatic heterocycles. The highest BCUT2D eigenvalue weighted by molar-refractivity contribution is 7.11. The van der Waals surface area contributed by atoms with E-state index in [2.05, 4.69) is 9.97 Å². The lowest BCUT2D eigenvalue weighted by Gasteiger charge is -2.05. The fourth-order valence-electron chi connectivity index (χ4n) is 2.34. The van der Waals surface area contributed by atoms with E-state index in [1.54, 1.807) is 12.3 Å². The van der Waals surface area contributed by atoms with E-state index in [0.717, 1.165) is 21.4 Å². The van der Waals surface area contributed by atoms with E-state index >= 15 is 0 Å². The number of fused-ring (bicyclic) bond motifs is 3. The average Bonchev–Trinajstić information content (AvgIpc) is 3.19. The maximum atomic E-state index is 10.2. The Bertz CT molecular complexity index is 960. The van der Waals surface area contributed by atoms with Gasteiger partial charge in [-0.15, -0.1) is 23.7 Å². The zero-order chi connectivity index (χ0) is 14.2. The predicted octanol–water partition coefficient (Wildman–Crippen LogP) is 4.42. The summed E-state index contributed by atoms with van der Waals surface area (Å²) in [6.07, 6.45) is 5.26. The van der Waals surface area contributed by atoms with Crippen molar-refractivity contribution in [3.8, 4) is 0 Å². The summed E-state index contributed by atoms with van der Waals surface area (Å²) in [5, 5.41) is 13.2. The van der Waals surface area contributed by atoms with Crippen LogP contribution in [0, 0.1) is 0 Å². The maximum Gasteiger partial charge on any atom is 0.147 e. The summed E-state index contributed by atoms with van der Waals surface area (Å²) in [5.41, 5.74) is 1.70. The highest BCUT2D eigenvalue weighted by Gasteiger charge is 2.08. The molecule has 0 aliphatic carbocycles. The number of halogens is 1. The van der Waals surface area contributed by atoms with E-state index in [1.807, 2.05) is 52.4 Å². The lowest BCUT2D eigenvalue weighted by Crippen LogP contribution is -1.97. The van der Waals surface area contributed by atoms with Gasteiger partial charge in [0.05, 0.1) is 10.4 Å². The minimum atomic E-state index is 0. The molecule has 0 saturated carbocycles. The second-order valence-electron chi connectivity index (χ2n) is 4.61. The van der Waals surface area contributed by atoms with Crippen LogP contribution in [0.4, 0.5) is 0 Å². The van der Waals surface area contributed by atoms with Gasteiger partial charge in [-0.3, -0.25) is 4.40 Å². The van der Waals surface area contributed by atoms with Crippen molar-refractivity contribution in [1.82, 2.24) is 14.4 Å². The molecule has 110 valence electrons. The number of hydrogen-bond acceptors (Lipinski definition) is 4. The molecule has 3 heterocycles. The van der Waals surface area contributed by atoms with E-state index < -0.39 is 0 Å². The molecule has 0 amide bonds. The number of hydrogen-bond donors (Lipinski definition) is 1. The predicted molar refractivity (Wildman–Crippen MR) is 92.6 cm³/mol. The van der Waals surface area contributed by atoms with Crippen LogP contribution in [0.1, 0.15) is 10.7 Å². The molecule has 4 rings (SSSR count). The smallest absolute Gasteiger partial charge is 0.147 e. The summed E-state index contributed by atoms with van der Waals surface area (Å²) in [7, 11) is 0. The van der Waals surface area contributed by atoms with E-state index in [4.69, 9.17) is 0 Å². The van der Waals surface area contributed by atoms with E-state index in [1.165, 1.54) is 11.3 Å². The van der Waals surface area contributed by atoms with Crippen LogP contribution in [0.3, 0.4) is 0 Å². The monoisotopic (exact) mass is 329 g/mol. The zero-order valence-electron chi connectivity index (χ0n) is 11.4. The SMILES string of the molecule is Cl.O/C(=C\c1nc2ccccc2c2nccn12)c1cccs1. The van der Waals surface area contributed by atoms with Crippen molar-refractivity contribution in [3.63, 3.8) is 0 Å². The first-order valence-electron chi connectivity index (χ1n) is 6.49. The Morgan fingerprint density at radius 2 is 2.05 bits per heavy atom. The van der Waals surface area contributed by atoms with Gasteiger partial charge in [0.25, 0.3) is 0 Å². The number of aromatic nitrogens is 3. The van der Waals surface area contributed by atoms with Gasteiger partial charge in [0, 0.05) is 23.9 Å². The summed E-state index contributed by atoms with van der Waals surface area (Å²) in [6, 6.07) is 11.6. The number of rotatable bonds is 2. The van der Waals surface area contributed by atoms with Gasteiger partial charge in [-0.05, 0) is 23.6 Å². The van der Waals surface area contributed by atoms with Crippen molar-refractivity contribution in [3.05, 3.63) is 64.9 Å². The molecule has 4 nitrogen and oxygen atoms in total. The highest BCUT2D eigenvalue weighted by Crippen LogP contribution is 2.23. The lowest BCUT2D eigenvalue weighted by atomic mass is 10.2. The Morgan fingerprint density at radius 1 is 1.18 bits per heavy atom. The molecular formula is C16H12ClN3OS. The van der Waals surface area contributed by atoms with Crippen molar-refractivity contribution in [2.75, 3.05) is 0 Å². The molecule has 0 radical (unpaired) electrons. The molecule has 0 aliphatic rings. The molecule has 22 heavy (non-hydrogen) atoms. The number of benzene rings is 1. The fraction of sp³-hybridized carbons (Fsp3) is 0. The second-order valence-corrected chi connectivity index (χ2v) is 5.56. The van der Waals surface area contributed by atoms with Gasteiger partial charge in [0.15, 0.2) is 0 Å². The molecule has 1 N–H and O–H groups in total. The molecule has 3 aromatic heterocycles. The van der Waals surface area contributed by atoms with E-state index in [9.17, 15) is 5.11 Å². The molecule has 0 saturated heterocycles. The molecule has 0 bridgehead atoms. The lowest BCUT2D eigenvalue weighted by molar-refractivity contribution is 0.517. The summed E-state index contributed by atoms with van der Waals surface area (Å²) in [5.74, 6) is 0.870. The number of aliphatic hydroxyl groups is 1. The number of thiophene rings is 1. The van der Waals surface area contributed by atoms with Gasteiger partial charge in [0.1, 0.15) is 17.2 Å². The molecule has 0 fully saturated rings. The summed E-state index contributed by atoms with van der Waals surface area (Å²) >= 11 is 1.49. The minimum Gasteiger partial charge on any atom is -0.506 e. The van der Waals surface area contributed by atoms with Crippen molar-refractivity contribution in [2.45, 2.75) is 0 Å². The van der Waals surface area contributed by atoms with Crippen molar-refractivity contribution >= 4 is 52.1 Å². The van der Waals surface area contributed by atoms with Gasteiger partial charge >= 0.3 is 0 Å². The Morgan fingerprint density at radius 3 is 2.86 bits per heavy atom. The van der Waals surface area contributed by atoms with Crippen LogP contribution in [0.5, 0.6) is 0 Å². The number of imidazole rings is 1.